The summed E-state index contributed by atoms with van der Waals surface area (Å²) in [5.74, 6) is -2.84. The molecule has 0 radical (unpaired) electrons. The van der Waals surface area contributed by atoms with Gasteiger partial charge in [0, 0.05) is 50.4 Å². The molecule has 4 heterocycles. The van der Waals surface area contributed by atoms with Crippen molar-refractivity contribution in [2.24, 2.45) is 11.1 Å². The number of β-amino-alcohol motifs (C(OH)–C–C–N with tert-alkyl or cyclic N) is 1. The number of alkyl carbamates (subject to hydrolysis) is 1. The van der Waals surface area contributed by atoms with Gasteiger partial charge in [-0.25, -0.2) is 14.2 Å². The lowest BCUT2D eigenvalue weighted by molar-refractivity contribution is -0.145. The van der Waals surface area contributed by atoms with Crippen molar-refractivity contribution in [2.75, 3.05) is 90.7 Å². The zero-order chi connectivity index (χ0) is 74.9. The van der Waals surface area contributed by atoms with Crippen LogP contribution in [0.15, 0.2) is 115 Å². The third-order valence-corrected chi connectivity index (χ3v) is 21.1. The van der Waals surface area contributed by atoms with Crippen molar-refractivity contribution in [3.05, 3.63) is 159 Å². The number of aliphatic hydroxyl groups is 1. The van der Waals surface area contributed by atoms with Gasteiger partial charge in [0.2, 0.25) is 29.5 Å². The van der Waals surface area contributed by atoms with E-state index in [0.717, 1.165) is 73.5 Å². The molecule has 11 rings (SSSR count). The molecular weight excluding hydrogens is 1380 g/mol. The number of aromatic nitrogens is 1. The molecular formula is C80H99FN8O16S. The average Bonchev–Trinajstić information content (AvgIpc) is 1.61. The minimum Gasteiger partial charge on any atom is -0.491 e. The summed E-state index contributed by atoms with van der Waals surface area (Å²) >= 11 is 1.50. The number of para-hydroxylation sites is 1. The van der Waals surface area contributed by atoms with Gasteiger partial charge in [-0.2, -0.15) is 0 Å². The predicted molar refractivity (Wildman–Crippen MR) is 395 cm³/mol. The van der Waals surface area contributed by atoms with E-state index in [1.54, 1.807) is 26.3 Å². The Morgan fingerprint density at radius 3 is 2.03 bits per heavy atom. The lowest BCUT2D eigenvalue weighted by Crippen LogP contribution is -2.59. The van der Waals surface area contributed by atoms with Crippen molar-refractivity contribution in [2.45, 2.75) is 166 Å². The molecule has 568 valence electrons. The van der Waals surface area contributed by atoms with Crippen LogP contribution in [0, 0.1) is 12.3 Å². The number of benzene rings is 5. The number of hydrogen-bond donors (Lipinski definition) is 6. The van der Waals surface area contributed by atoms with Crippen molar-refractivity contribution in [3.8, 4) is 27.3 Å². The van der Waals surface area contributed by atoms with Crippen molar-refractivity contribution >= 4 is 58.6 Å². The summed E-state index contributed by atoms with van der Waals surface area (Å²) in [4.78, 5) is 103. The molecule has 26 heteroatoms. The Morgan fingerprint density at radius 2 is 1.40 bits per heavy atom. The molecule has 1 saturated heterocycles. The number of nitrogens with two attached hydrogens (primary N) is 1. The number of fused-ring (bicyclic) bond motifs is 3. The molecule has 3 aliphatic heterocycles. The van der Waals surface area contributed by atoms with Crippen molar-refractivity contribution in [3.63, 3.8) is 0 Å². The number of rotatable bonds is 39. The number of amides is 7. The van der Waals surface area contributed by atoms with Crippen molar-refractivity contribution < 1.29 is 81.0 Å². The summed E-state index contributed by atoms with van der Waals surface area (Å²) in [6.45, 7) is 13.5. The molecule has 106 heavy (non-hydrogen) atoms. The van der Waals surface area contributed by atoms with Gasteiger partial charge in [-0.3, -0.25) is 33.7 Å². The number of carbonyl (C=O) groups is 7. The van der Waals surface area contributed by atoms with Gasteiger partial charge in [-0.1, -0.05) is 124 Å². The van der Waals surface area contributed by atoms with E-state index in [-0.39, 0.29) is 84.0 Å². The van der Waals surface area contributed by atoms with E-state index in [9.17, 15) is 43.1 Å². The van der Waals surface area contributed by atoms with Crippen molar-refractivity contribution in [1.82, 2.24) is 31.2 Å². The van der Waals surface area contributed by atoms with Gasteiger partial charge in [-0.15, -0.1) is 11.3 Å². The first kappa shape index (κ1) is 78.3. The molecule has 7 amide bonds. The van der Waals surface area contributed by atoms with Gasteiger partial charge >= 0.3 is 6.09 Å². The number of carbonyl (C=O) groups excluding carboxylic acids is 7. The smallest absolute Gasteiger partial charge is 0.407 e. The zero-order valence-corrected chi connectivity index (χ0v) is 61.9. The Morgan fingerprint density at radius 1 is 0.764 bits per heavy atom. The number of ether oxygens (including phenoxy) is 8. The van der Waals surface area contributed by atoms with Crippen LogP contribution in [0.5, 0.6) is 5.75 Å². The summed E-state index contributed by atoms with van der Waals surface area (Å²) in [7, 11) is 0. The van der Waals surface area contributed by atoms with Crippen LogP contribution in [0.3, 0.4) is 0 Å². The molecule has 2 fully saturated rings. The van der Waals surface area contributed by atoms with Gasteiger partial charge in [-0.05, 0) is 120 Å². The molecule has 6 aromatic rings. The molecule has 2 aliphatic carbocycles. The van der Waals surface area contributed by atoms with Crippen LogP contribution in [0.25, 0.3) is 21.6 Å². The van der Waals surface area contributed by atoms with Crippen LogP contribution in [0.2, 0.25) is 0 Å². The first-order chi connectivity index (χ1) is 51.1. The third-order valence-electron chi connectivity index (χ3n) is 20.1. The van der Waals surface area contributed by atoms with E-state index in [0.29, 0.717) is 89.3 Å². The number of anilines is 1. The molecule has 5 aliphatic rings. The Balaban J connectivity index is 0.531. The highest BCUT2D eigenvalue weighted by molar-refractivity contribution is 7.13. The van der Waals surface area contributed by atoms with Crippen molar-refractivity contribution in [1.29, 1.82) is 0 Å². The lowest BCUT2D eigenvalue weighted by atomic mass is 9.85. The number of hydrogen-bond acceptors (Lipinski definition) is 18. The molecule has 7 atom stereocenters. The van der Waals surface area contributed by atoms with Gasteiger partial charge in [0.15, 0.2) is 5.67 Å². The Bertz CT molecular complexity index is 3990. The van der Waals surface area contributed by atoms with E-state index in [2.05, 4.69) is 50.5 Å². The molecule has 0 unspecified atom stereocenters. The highest BCUT2D eigenvalue weighted by Gasteiger charge is 2.54. The standard InChI is InChI=1S/C80H99FN8O16S/c1-50-71(106-49-84-50)56-23-24-57(45-83-73(92)66-44-58(90)46-88(66)76(95)72(79(3,4)5)87-77(96)80(81)29-30-80)68(43-56)103-41-40-102-39-38-101-37-36-100-35-34-99-33-32-98-31-11-12-52-19-21-53(22-20-52)47-104-51(2)64(27-28-69(82)91)85-74(93)67-42-55-14-10-13-54-25-26-65(75(94)89(67)70(54)55)86-78(97)105-48-63-61-17-8-6-15-59(61)60-16-7-9-18-62(60)63/h6-10,13-24,43,49,51,58,63-67,72,90H,11-12,25-42,44-48H2,1-5H3,(H2,82,91)(H,83,92)(H,85,93)(H,86,97)(H,87,96)/t51-,58-,64+,65+,66+,67+,72-/m1/s1. The quantitative estimate of drug-likeness (QED) is 0.0198. The van der Waals surface area contributed by atoms with Crippen LogP contribution in [-0.2, 0) is 94.3 Å². The molecule has 0 bridgehead atoms. The third kappa shape index (κ3) is 20.3. The van der Waals surface area contributed by atoms with Gasteiger partial charge in [0.05, 0.1) is 106 Å². The first-order valence-electron chi connectivity index (χ1n) is 36.8. The molecule has 24 nitrogen and oxygen atoms in total. The Hall–Kier alpha value is -8.73. The van der Waals surface area contributed by atoms with Gasteiger partial charge < -0.3 is 74.9 Å². The summed E-state index contributed by atoms with van der Waals surface area (Å²) in [6, 6.07) is 31.1. The number of aliphatic hydroxyl groups excluding tert-OH is 1. The number of nitrogens with one attached hydrogen (secondary N) is 4. The normalized spacial score (nSPS) is 18.6. The van der Waals surface area contributed by atoms with Crippen LogP contribution in [0.4, 0.5) is 14.9 Å². The molecule has 7 N–H and O–H groups in total. The number of aryl methyl sites for hydroxylation is 3. The fourth-order valence-electron chi connectivity index (χ4n) is 14.0. The number of nitrogens with zero attached hydrogens (tertiary/aromatic N) is 3. The molecule has 1 aromatic heterocycles. The SMILES string of the molecule is Cc1ncsc1-c1ccc(CNC(=O)[C@@H]2C[C@@H](O)CN2C(=O)[C@@H](NC(=O)C2(F)CC2)C(C)(C)C)c(OCCOCCOCCOCCOCCOCCCc2ccc(CO[C@H](C)[C@H](CCC(N)=O)NC(=O)[C@@H]3Cc4cccc5c4N3C(=O)[C@@H](NC(=O)OCC3c4ccccc4-c4ccccc43)CC5)cc2)c1. The Labute approximate surface area is 622 Å². The van der Waals surface area contributed by atoms with E-state index in [1.165, 1.54) is 21.1 Å². The highest BCUT2D eigenvalue weighted by Crippen LogP contribution is 2.45. The summed E-state index contributed by atoms with van der Waals surface area (Å²) in [5, 5.41) is 22.2. The van der Waals surface area contributed by atoms with Crippen LogP contribution in [-0.4, -0.2) is 190 Å². The second-order valence-electron chi connectivity index (χ2n) is 28.8. The molecule has 5 aromatic carbocycles. The maximum Gasteiger partial charge on any atom is 0.407 e. The first-order valence-corrected chi connectivity index (χ1v) is 37.7. The zero-order valence-electron chi connectivity index (χ0n) is 61.0. The minimum atomic E-state index is -1.99. The van der Waals surface area contributed by atoms with E-state index in [1.807, 2.05) is 98.8 Å². The second-order valence-corrected chi connectivity index (χ2v) is 29.7. The monoisotopic (exact) mass is 1480 g/mol. The largest absolute Gasteiger partial charge is 0.491 e. The number of primary amides is 1. The predicted octanol–water partition coefficient (Wildman–Crippen LogP) is 8.29. The maximum absolute atomic E-state index is 14.7. The van der Waals surface area contributed by atoms with Gasteiger partial charge in [0.25, 0.3) is 5.91 Å². The fourth-order valence-corrected chi connectivity index (χ4v) is 14.9. The van der Waals surface area contributed by atoms with Crippen LogP contribution in [0.1, 0.15) is 123 Å². The maximum atomic E-state index is 14.7. The number of likely N-dealkylation sites (tertiary alicyclic amines) is 1. The summed E-state index contributed by atoms with van der Waals surface area (Å²) in [5.41, 5.74) is 15.9. The summed E-state index contributed by atoms with van der Waals surface area (Å²) < 4.78 is 61.8. The molecule has 0 spiro atoms. The topological polar surface area (TPSA) is 307 Å². The number of halogens is 1. The second kappa shape index (κ2) is 36.7. The van der Waals surface area contributed by atoms with E-state index >= 15 is 0 Å². The highest BCUT2D eigenvalue weighted by atomic mass is 32.1. The minimum absolute atomic E-state index is 0.00217. The van der Waals surface area contributed by atoms with Crippen LogP contribution < -0.4 is 36.6 Å². The Kier molecular flexibility index (Phi) is 27.1. The van der Waals surface area contributed by atoms with Crippen LogP contribution >= 0.6 is 11.3 Å². The molecule has 1 saturated carbocycles. The average molecular weight is 1480 g/mol. The number of alkyl halides is 1. The fraction of sp³-hybridized carbons (Fsp3) is 0.500. The lowest BCUT2D eigenvalue weighted by Gasteiger charge is -2.35. The summed E-state index contributed by atoms with van der Waals surface area (Å²) in [6.07, 6.45) is 0.921. The number of thiazole rings is 1. The van der Waals surface area contributed by atoms with E-state index < -0.39 is 95.0 Å². The van der Waals surface area contributed by atoms with E-state index in [4.69, 9.17) is 43.6 Å². The van der Waals surface area contributed by atoms with Gasteiger partial charge in [0.1, 0.15) is 43.1 Å².